The van der Waals surface area contributed by atoms with Gasteiger partial charge in [0.15, 0.2) is 5.65 Å². The van der Waals surface area contributed by atoms with Crippen LogP contribution in [0.4, 0.5) is 5.82 Å². The van der Waals surface area contributed by atoms with E-state index in [0.29, 0.717) is 35.2 Å². The summed E-state index contributed by atoms with van der Waals surface area (Å²) >= 11 is 1.40. The number of rotatable bonds is 6. The van der Waals surface area contributed by atoms with E-state index in [1.807, 2.05) is 18.4 Å². The molecule has 0 saturated carbocycles. The van der Waals surface area contributed by atoms with Crippen LogP contribution in [-0.2, 0) is 11.3 Å². The van der Waals surface area contributed by atoms with Crippen molar-refractivity contribution in [3.63, 3.8) is 0 Å². The lowest BCUT2D eigenvalue weighted by Crippen LogP contribution is -2.16. The molecule has 3 aromatic heterocycles. The topological polar surface area (TPSA) is 81.4 Å². The van der Waals surface area contributed by atoms with E-state index in [9.17, 15) is 4.79 Å². The van der Waals surface area contributed by atoms with Gasteiger partial charge >= 0.3 is 5.97 Å². The van der Waals surface area contributed by atoms with Crippen LogP contribution in [0.5, 0.6) is 0 Å². The summed E-state index contributed by atoms with van der Waals surface area (Å²) in [5.41, 5.74) is 2.11. The summed E-state index contributed by atoms with van der Waals surface area (Å²) in [6.45, 7) is 2.61. The summed E-state index contributed by atoms with van der Waals surface area (Å²) in [5.74, 6) is 0.161. The molecule has 0 fully saturated rings. The summed E-state index contributed by atoms with van der Waals surface area (Å²) in [4.78, 5) is 20.9. The maximum atomic E-state index is 12.5. The van der Waals surface area contributed by atoms with E-state index in [1.54, 1.807) is 36.1 Å². The van der Waals surface area contributed by atoms with Crippen molar-refractivity contribution in [2.75, 3.05) is 18.2 Å². The van der Waals surface area contributed by atoms with Gasteiger partial charge in [0.2, 0.25) is 0 Å². The van der Waals surface area contributed by atoms with Crippen molar-refractivity contribution in [3.8, 4) is 0 Å². The molecule has 7 nitrogen and oxygen atoms in total. The van der Waals surface area contributed by atoms with E-state index in [4.69, 9.17) is 4.74 Å². The first-order valence-corrected chi connectivity index (χ1v) is 8.68. The minimum absolute atomic E-state index is 0.299. The van der Waals surface area contributed by atoms with Crippen LogP contribution < -0.4 is 5.32 Å². The Kier molecular flexibility index (Phi) is 4.95. The average Bonchev–Trinajstić information content (AvgIpc) is 3.08. The molecule has 8 heteroatoms. The number of carbonyl (C=O) groups is 1. The molecule has 24 heavy (non-hydrogen) atoms. The SMILES string of the molecule is CCOC(=O)c1c(SC)nc2ccnn2c1NCc1ccncc1. The van der Waals surface area contributed by atoms with Crippen LogP contribution in [0.15, 0.2) is 41.8 Å². The maximum Gasteiger partial charge on any atom is 0.344 e. The van der Waals surface area contributed by atoms with Crippen molar-refractivity contribution in [1.82, 2.24) is 19.6 Å². The maximum absolute atomic E-state index is 12.5. The zero-order valence-corrected chi connectivity index (χ0v) is 14.2. The molecular formula is C16H17N5O2S. The number of thioether (sulfide) groups is 1. The monoisotopic (exact) mass is 343 g/mol. The lowest BCUT2D eigenvalue weighted by Gasteiger charge is -2.15. The molecule has 0 unspecified atom stereocenters. The molecule has 0 aliphatic heterocycles. The molecule has 0 saturated heterocycles. The zero-order valence-electron chi connectivity index (χ0n) is 13.4. The zero-order chi connectivity index (χ0) is 16.9. The standard InChI is InChI=1S/C16H17N5O2S/c1-3-23-16(22)13-14(18-10-11-4-7-17-8-5-11)21-12(6-9-19-21)20-15(13)24-2/h4-9,18H,3,10H2,1-2H3. The Hall–Kier alpha value is -2.61. The molecule has 0 radical (unpaired) electrons. The summed E-state index contributed by atoms with van der Waals surface area (Å²) in [6.07, 6.45) is 6.99. The fraction of sp³-hybridized carbons (Fsp3) is 0.250. The number of pyridine rings is 1. The molecular weight excluding hydrogens is 326 g/mol. The lowest BCUT2D eigenvalue weighted by molar-refractivity contribution is 0.0522. The first kappa shape index (κ1) is 16.3. The number of fused-ring (bicyclic) bond motifs is 1. The Labute approximate surface area is 143 Å². The number of nitrogens with one attached hydrogen (secondary N) is 1. The molecule has 0 atom stereocenters. The second-order valence-corrected chi connectivity index (χ2v) is 5.67. The Bertz CT molecular complexity index is 850. The summed E-state index contributed by atoms with van der Waals surface area (Å²) in [6, 6.07) is 5.62. The third-order valence-corrected chi connectivity index (χ3v) is 4.07. The van der Waals surface area contributed by atoms with E-state index in [2.05, 4.69) is 20.4 Å². The fourth-order valence-corrected chi connectivity index (χ4v) is 2.87. The van der Waals surface area contributed by atoms with Crippen molar-refractivity contribution in [3.05, 3.63) is 47.9 Å². The quantitative estimate of drug-likeness (QED) is 0.418. The second-order valence-electron chi connectivity index (χ2n) is 4.88. The van der Waals surface area contributed by atoms with Gasteiger partial charge < -0.3 is 10.1 Å². The predicted molar refractivity (Wildman–Crippen MR) is 92.3 cm³/mol. The van der Waals surface area contributed by atoms with Crippen LogP contribution >= 0.6 is 11.8 Å². The number of nitrogens with zero attached hydrogens (tertiary/aromatic N) is 4. The molecule has 0 aliphatic rings. The molecule has 0 amide bonds. The van der Waals surface area contributed by atoms with Crippen LogP contribution in [0.2, 0.25) is 0 Å². The van der Waals surface area contributed by atoms with Gasteiger partial charge in [-0.1, -0.05) is 0 Å². The van der Waals surface area contributed by atoms with E-state index in [-0.39, 0.29) is 0 Å². The van der Waals surface area contributed by atoms with Crippen molar-refractivity contribution in [1.29, 1.82) is 0 Å². The highest BCUT2D eigenvalue weighted by Gasteiger charge is 2.23. The number of ether oxygens (including phenoxy) is 1. The normalized spacial score (nSPS) is 10.8. The number of hydrogen-bond acceptors (Lipinski definition) is 7. The van der Waals surface area contributed by atoms with Crippen molar-refractivity contribution < 1.29 is 9.53 Å². The average molecular weight is 343 g/mol. The molecule has 0 bridgehead atoms. The van der Waals surface area contributed by atoms with Crippen molar-refractivity contribution in [2.45, 2.75) is 18.5 Å². The second kappa shape index (κ2) is 7.31. The van der Waals surface area contributed by atoms with Gasteiger partial charge in [0.25, 0.3) is 0 Å². The molecule has 0 aromatic carbocycles. The van der Waals surface area contributed by atoms with Gasteiger partial charge in [-0.25, -0.2) is 9.78 Å². The predicted octanol–water partition coefficient (Wildman–Crippen LogP) is 2.64. The highest BCUT2D eigenvalue weighted by Crippen LogP contribution is 2.27. The van der Waals surface area contributed by atoms with Crippen LogP contribution in [0.3, 0.4) is 0 Å². The van der Waals surface area contributed by atoms with E-state index >= 15 is 0 Å². The molecule has 3 heterocycles. The van der Waals surface area contributed by atoms with Gasteiger partial charge in [0.1, 0.15) is 16.4 Å². The number of anilines is 1. The number of carbonyl (C=O) groups excluding carboxylic acids is 1. The van der Waals surface area contributed by atoms with Crippen molar-refractivity contribution in [2.24, 2.45) is 0 Å². The Morgan fingerprint density at radius 2 is 2.08 bits per heavy atom. The van der Waals surface area contributed by atoms with E-state index in [1.165, 1.54) is 11.8 Å². The van der Waals surface area contributed by atoms with E-state index < -0.39 is 5.97 Å². The largest absolute Gasteiger partial charge is 0.462 e. The highest BCUT2D eigenvalue weighted by atomic mass is 32.2. The minimum Gasteiger partial charge on any atom is -0.462 e. The minimum atomic E-state index is -0.413. The van der Waals surface area contributed by atoms with Crippen LogP contribution in [0, 0.1) is 0 Å². The molecule has 124 valence electrons. The summed E-state index contributed by atoms with van der Waals surface area (Å²) in [7, 11) is 0. The third kappa shape index (κ3) is 3.18. The molecule has 3 rings (SSSR count). The Balaban J connectivity index is 2.06. The Morgan fingerprint density at radius 1 is 1.29 bits per heavy atom. The lowest BCUT2D eigenvalue weighted by atomic mass is 10.2. The first-order chi connectivity index (χ1) is 11.7. The van der Waals surface area contributed by atoms with Gasteiger partial charge in [-0.15, -0.1) is 11.8 Å². The van der Waals surface area contributed by atoms with Gasteiger partial charge in [0.05, 0.1) is 12.8 Å². The molecule has 0 spiro atoms. The van der Waals surface area contributed by atoms with Gasteiger partial charge in [-0.2, -0.15) is 9.61 Å². The molecule has 3 aromatic rings. The number of esters is 1. The Morgan fingerprint density at radius 3 is 2.79 bits per heavy atom. The third-order valence-electron chi connectivity index (χ3n) is 3.38. The van der Waals surface area contributed by atoms with Gasteiger partial charge in [0, 0.05) is 25.0 Å². The smallest absolute Gasteiger partial charge is 0.344 e. The first-order valence-electron chi connectivity index (χ1n) is 7.46. The number of hydrogen-bond donors (Lipinski definition) is 1. The van der Waals surface area contributed by atoms with Gasteiger partial charge in [-0.3, -0.25) is 4.98 Å². The molecule has 0 aliphatic carbocycles. The molecule has 1 N–H and O–H groups in total. The summed E-state index contributed by atoms with van der Waals surface area (Å²) < 4.78 is 6.82. The number of aromatic nitrogens is 4. The summed E-state index contributed by atoms with van der Waals surface area (Å²) in [5, 5.41) is 8.17. The van der Waals surface area contributed by atoms with Crippen LogP contribution in [0.25, 0.3) is 5.65 Å². The van der Waals surface area contributed by atoms with Crippen LogP contribution in [-0.4, -0.2) is 38.4 Å². The fourth-order valence-electron chi connectivity index (χ4n) is 2.31. The highest BCUT2D eigenvalue weighted by molar-refractivity contribution is 7.98. The van der Waals surface area contributed by atoms with E-state index in [0.717, 1.165) is 5.56 Å². The van der Waals surface area contributed by atoms with Crippen molar-refractivity contribution >= 4 is 29.2 Å². The van der Waals surface area contributed by atoms with Crippen LogP contribution in [0.1, 0.15) is 22.8 Å². The van der Waals surface area contributed by atoms with Gasteiger partial charge in [-0.05, 0) is 30.9 Å².